The summed E-state index contributed by atoms with van der Waals surface area (Å²) in [7, 11) is -2.54. The zero-order valence-electron chi connectivity index (χ0n) is 13.2. The third-order valence-electron chi connectivity index (χ3n) is 3.15. The van der Waals surface area contributed by atoms with Crippen LogP contribution in [0.15, 0.2) is 47.4 Å². The molecule has 0 saturated heterocycles. The number of ether oxygens (including phenoxy) is 1. The fourth-order valence-electron chi connectivity index (χ4n) is 2.03. The maximum atomic E-state index is 12.9. The van der Waals surface area contributed by atoms with Crippen LogP contribution in [0.25, 0.3) is 0 Å². The van der Waals surface area contributed by atoms with Crippen LogP contribution in [0.3, 0.4) is 0 Å². The molecular formula is C16H17FN2O4S. The summed E-state index contributed by atoms with van der Waals surface area (Å²) in [6.07, 6.45) is 0. The van der Waals surface area contributed by atoms with Gasteiger partial charge in [0.05, 0.1) is 7.11 Å². The number of carbonyl (C=O) groups excluding carboxylic acids is 1. The summed E-state index contributed by atoms with van der Waals surface area (Å²) in [5.74, 6) is -0.565. The highest BCUT2D eigenvalue weighted by Crippen LogP contribution is 2.27. The van der Waals surface area contributed by atoms with E-state index in [1.165, 1.54) is 50.4 Å². The van der Waals surface area contributed by atoms with Crippen LogP contribution in [-0.2, 0) is 21.4 Å². The molecular weight excluding hydrogens is 335 g/mol. The van der Waals surface area contributed by atoms with Crippen molar-refractivity contribution in [3.8, 4) is 5.75 Å². The third-order valence-corrected chi connectivity index (χ3v) is 4.58. The van der Waals surface area contributed by atoms with Gasteiger partial charge in [0.15, 0.2) is 0 Å². The number of hydrogen-bond acceptors (Lipinski definition) is 4. The smallest absolute Gasteiger partial charge is 0.244 e. The molecule has 2 N–H and O–H groups in total. The van der Waals surface area contributed by atoms with Crippen molar-refractivity contribution in [2.75, 3.05) is 12.4 Å². The van der Waals surface area contributed by atoms with E-state index in [2.05, 4.69) is 10.0 Å². The molecule has 2 rings (SSSR count). The first-order valence-corrected chi connectivity index (χ1v) is 8.50. The van der Waals surface area contributed by atoms with Crippen LogP contribution in [0.2, 0.25) is 0 Å². The van der Waals surface area contributed by atoms with Gasteiger partial charge in [0, 0.05) is 19.2 Å². The molecule has 2 aromatic rings. The van der Waals surface area contributed by atoms with Gasteiger partial charge in [0.2, 0.25) is 15.9 Å². The highest BCUT2D eigenvalue weighted by molar-refractivity contribution is 7.89. The van der Waals surface area contributed by atoms with Crippen molar-refractivity contribution in [2.45, 2.75) is 18.4 Å². The highest BCUT2D eigenvalue weighted by Gasteiger charge is 2.20. The van der Waals surface area contributed by atoms with E-state index in [1.54, 1.807) is 6.07 Å². The molecule has 128 valence electrons. The molecule has 0 aliphatic carbocycles. The summed E-state index contributed by atoms with van der Waals surface area (Å²) >= 11 is 0. The molecule has 0 unspecified atom stereocenters. The maximum absolute atomic E-state index is 12.9. The average molecular weight is 352 g/mol. The van der Waals surface area contributed by atoms with Crippen LogP contribution in [0.4, 0.5) is 10.1 Å². The monoisotopic (exact) mass is 352 g/mol. The van der Waals surface area contributed by atoms with Gasteiger partial charge in [0.25, 0.3) is 0 Å². The molecule has 6 nitrogen and oxygen atoms in total. The molecule has 0 bridgehead atoms. The molecule has 0 heterocycles. The van der Waals surface area contributed by atoms with Crippen molar-refractivity contribution >= 4 is 21.6 Å². The Bertz CT molecular complexity index is 836. The Morgan fingerprint density at radius 1 is 1.17 bits per heavy atom. The zero-order chi connectivity index (χ0) is 17.7. The Balaban J connectivity index is 2.26. The molecule has 24 heavy (non-hydrogen) atoms. The largest absolute Gasteiger partial charge is 0.495 e. The molecule has 0 saturated carbocycles. The molecule has 0 radical (unpaired) electrons. The number of carbonyl (C=O) groups is 1. The van der Waals surface area contributed by atoms with Gasteiger partial charge < -0.3 is 10.1 Å². The second kappa shape index (κ2) is 7.41. The van der Waals surface area contributed by atoms with E-state index in [4.69, 9.17) is 4.74 Å². The van der Waals surface area contributed by atoms with Crippen LogP contribution < -0.4 is 14.8 Å². The van der Waals surface area contributed by atoms with Crippen molar-refractivity contribution in [3.63, 3.8) is 0 Å². The van der Waals surface area contributed by atoms with E-state index in [9.17, 15) is 17.6 Å². The minimum Gasteiger partial charge on any atom is -0.495 e. The first-order chi connectivity index (χ1) is 11.3. The van der Waals surface area contributed by atoms with E-state index < -0.39 is 15.8 Å². The summed E-state index contributed by atoms with van der Waals surface area (Å²) in [5, 5.41) is 2.52. The van der Waals surface area contributed by atoms with Crippen LogP contribution in [0, 0.1) is 5.82 Å². The lowest BCUT2D eigenvalue weighted by atomic mass is 10.2. The number of anilines is 1. The van der Waals surface area contributed by atoms with Crippen molar-refractivity contribution in [1.82, 2.24) is 4.72 Å². The van der Waals surface area contributed by atoms with Crippen molar-refractivity contribution in [3.05, 3.63) is 53.8 Å². The third kappa shape index (κ3) is 4.53. The lowest BCUT2D eigenvalue weighted by molar-refractivity contribution is -0.114. The fourth-order valence-corrected chi connectivity index (χ4v) is 3.24. The molecule has 0 spiro atoms. The van der Waals surface area contributed by atoms with Crippen LogP contribution >= 0.6 is 0 Å². The van der Waals surface area contributed by atoms with E-state index in [0.29, 0.717) is 11.3 Å². The van der Waals surface area contributed by atoms with Gasteiger partial charge in [-0.25, -0.2) is 17.5 Å². The van der Waals surface area contributed by atoms with Crippen LogP contribution in [-0.4, -0.2) is 21.4 Å². The molecule has 0 aromatic heterocycles. The van der Waals surface area contributed by atoms with Crippen molar-refractivity contribution < 1.29 is 22.3 Å². The van der Waals surface area contributed by atoms with Gasteiger partial charge in [-0.3, -0.25) is 4.79 Å². The number of hydrogen-bond donors (Lipinski definition) is 2. The van der Waals surface area contributed by atoms with Gasteiger partial charge in [0.1, 0.15) is 16.5 Å². The van der Waals surface area contributed by atoms with E-state index >= 15 is 0 Å². The highest BCUT2D eigenvalue weighted by atomic mass is 32.2. The Morgan fingerprint density at radius 3 is 2.42 bits per heavy atom. The summed E-state index contributed by atoms with van der Waals surface area (Å²) in [4.78, 5) is 11.0. The Kier molecular flexibility index (Phi) is 5.53. The quantitative estimate of drug-likeness (QED) is 0.835. The zero-order valence-corrected chi connectivity index (χ0v) is 14.0. The van der Waals surface area contributed by atoms with E-state index in [-0.39, 0.29) is 23.1 Å². The molecule has 0 aliphatic heterocycles. The summed E-state index contributed by atoms with van der Waals surface area (Å²) in [6.45, 7) is 1.32. The topological polar surface area (TPSA) is 84.5 Å². The molecule has 0 aliphatic rings. The minimum atomic E-state index is -3.89. The summed E-state index contributed by atoms with van der Waals surface area (Å²) in [6, 6.07) is 9.79. The first kappa shape index (κ1) is 17.9. The predicted molar refractivity (Wildman–Crippen MR) is 87.7 cm³/mol. The Morgan fingerprint density at radius 2 is 1.83 bits per heavy atom. The van der Waals surface area contributed by atoms with E-state index in [1.807, 2.05) is 0 Å². The van der Waals surface area contributed by atoms with Gasteiger partial charge in [-0.2, -0.15) is 0 Å². The second-order valence-corrected chi connectivity index (χ2v) is 6.73. The summed E-state index contributed by atoms with van der Waals surface area (Å²) in [5.41, 5.74) is 0.947. The SMILES string of the molecule is COc1ccc(NC(C)=O)cc1S(=O)(=O)NCc1ccc(F)cc1. The number of rotatable bonds is 6. The van der Waals surface area contributed by atoms with Crippen molar-refractivity contribution in [1.29, 1.82) is 0 Å². The summed E-state index contributed by atoms with van der Waals surface area (Å²) < 4.78 is 45.4. The first-order valence-electron chi connectivity index (χ1n) is 7.01. The number of benzene rings is 2. The van der Waals surface area contributed by atoms with Gasteiger partial charge in [-0.1, -0.05) is 12.1 Å². The van der Waals surface area contributed by atoms with E-state index in [0.717, 1.165) is 0 Å². The van der Waals surface area contributed by atoms with Gasteiger partial charge >= 0.3 is 0 Å². The van der Waals surface area contributed by atoms with Gasteiger partial charge in [-0.15, -0.1) is 0 Å². The number of halogens is 1. The van der Waals surface area contributed by atoms with Crippen LogP contribution in [0.5, 0.6) is 5.75 Å². The average Bonchev–Trinajstić information content (AvgIpc) is 2.54. The van der Waals surface area contributed by atoms with Crippen molar-refractivity contribution in [2.24, 2.45) is 0 Å². The number of amides is 1. The predicted octanol–water partition coefficient (Wildman–Crippen LogP) is 2.27. The Hall–Kier alpha value is -2.45. The minimum absolute atomic E-state index is 0.00384. The molecule has 8 heteroatoms. The maximum Gasteiger partial charge on any atom is 0.244 e. The molecule has 0 fully saturated rings. The van der Waals surface area contributed by atoms with Gasteiger partial charge in [-0.05, 0) is 35.9 Å². The number of sulfonamides is 1. The lowest BCUT2D eigenvalue weighted by Gasteiger charge is -2.13. The number of nitrogens with one attached hydrogen (secondary N) is 2. The molecule has 0 atom stereocenters. The standard InChI is InChI=1S/C16H17FN2O4S/c1-11(20)19-14-7-8-15(23-2)16(9-14)24(21,22)18-10-12-3-5-13(17)6-4-12/h3-9,18H,10H2,1-2H3,(H,19,20). The molecule has 1 amide bonds. The normalized spacial score (nSPS) is 11.1. The second-order valence-electron chi connectivity index (χ2n) is 5.00. The Labute approximate surface area is 139 Å². The lowest BCUT2D eigenvalue weighted by Crippen LogP contribution is -2.24. The molecule has 2 aromatic carbocycles. The number of methoxy groups -OCH3 is 1. The fraction of sp³-hybridized carbons (Fsp3) is 0.188. The van der Waals surface area contributed by atoms with Crippen LogP contribution in [0.1, 0.15) is 12.5 Å².